The van der Waals surface area contributed by atoms with Gasteiger partial charge >= 0.3 is 0 Å². The molecule has 106 valence electrons. The van der Waals surface area contributed by atoms with Crippen molar-refractivity contribution >= 4 is 0 Å². The Labute approximate surface area is 116 Å². The molecule has 2 aliphatic rings. The van der Waals surface area contributed by atoms with E-state index in [1.54, 1.807) is 0 Å². The lowest BCUT2D eigenvalue weighted by Crippen LogP contribution is -2.42. The summed E-state index contributed by atoms with van der Waals surface area (Å²) in [6, 6.07) is 3.19. The summed E-state index contributed by atoms with van der Waals surface area (Å²) in [5.74, 6) is 0. The Morgan fingerprint density at radius 1 is 1.16 bits per heavy atom. The quantitative estimate of drug-likeness (QED) is 0.909. The van der Waals surface area contributed by atoms with Gasteiger partial charge in [0.1, 0.15) is 0 Å². The van der Waals surface area contributed by atoms with Crippen LogP contribution in [-0.2, 0) is 6.54 Å². The third-order valence-corrected chi connectivity index (χ3v) is 4.54. The topological polar surface area (TPSA) is 47.1 Å². The van der Waals surface area contributed by atoms with Crippen LogP contribution >= 0.6 is 0 Å². The maximum atomic E-state index is 6.03. The van der Waals surface area contributed by atoms with Crippen LogP contribution in [0.4, 0.5) is 0 Å². The van der Waals surface area contributed by atoms with Crippen molar-refractivity contribution in [2.45, 2.75) is 63.6 Å². The lowest BCUT2D eigenvalue weighted by Gasteiger charge is -2.30. The predicted octanol–water partition coefficient (Wildman–Crippen LogP) is 2.31. The fourth-order valence-electron chi connectivity index (χ4n) is 3.47. The number of piperidine rings is 1. The monoisotopic (exact) mass is 262 g/mol. The molecule has 0 amide bonds. The molecule has 1 atom stereocenters. The summed E-state index contributed by atoms with van der Waals surface area (Å²) in [4.78, 5) is 2.45. The van der Waals surface area contributed by atoms with Gasteiger partial charge in [-0.05, 0) is 38.3 Å². The minimum absolute atomic E-state index is 0.356. The molecule has 1 aromatic rings. The van der Waals surface area contributed by atoms with Crippen LogP contribution in [0.3, 0.4) is 0 Å². The first-order valence-electron chi connectivity index (χ1n) is 7.83. The van der Waals surface area contributed by atoms with Gasteiger partial charge in [-0.3, -0.25) is 9.58 Å². The normalized spacial score (nSPS) is 26.7. The molecule has 1 aliphatic heterocycles. The molecule has 0 spiro atoms. The van der Waals surface area contributed by atoms with Crippen molar-refractivity contribution in [3.05, 3.63) is 18.0 Å². The highest BCUT2D eigenvalue weighted by molar-refractivity contribution is 5.00. The molecular weight excluding hydrogens is 236 g/mol. The minimum Gasteiger partial charge on any atom is -0.327 e. The van der Waals surface area contributed by atoms with Gasteiger partial charge in [0.2, 0.25) is 0 Å². The fourth-order valence-corrected chi connectivity index (χ4v) is 3.47. The third kappa shape index (κ3) is 3.37. The van der Waals surface area contributed by atoms with Crippen LogP contribution in [0.15, 0.2) is 12.3 Å². The molecule has 2 fully saturated rings. The molecule has 0 bridgehead atoms. The van der Waals surface area contributed by atoms with Gasteiger partial charge in [0.15, 0.2) is 0 Å². The fraction of sp³-hybridized carbons (Fsp3) is 0.800. The first-order valence-corrected chi connectivity index (χ1v) is 7.83. The number of nitrogens with zero attached hydrogens (tertiary/aromatic N) is 3. The van der Waals surface area contributed by atoms with Gasteiger partial charge in [-0.15, -0.1) is 0 Å². The molecule has 3 rings (SSSR count). The van der Waals surface area contributed by atoms with E-state index in [-0.39, 0.29) is 0 Å². The van der Waals surface area contributed by atoms with Crippen LogP contribution in [-0.4, -0.2) is 33.8 Å². The van der Waals surface area contributed by atoms with Crippen molar-refractivity contribution in [3.63, 3.8) is 0 Å². The van der Waals surface area contributed by atoms with Crippen LogP contribution in [0.25, 0.3) is 0 Å². The van der Waals surface area contributed by atoms with E-state index in [9.17, 15) is 0 Å². The van der Waals surface area contributed by atoms with Crippen molar-refractivity contribution < 1.29 is 0 Å². The maximum absolute atomic E-state index is 6.03. The molecule has 1 aliphatic carbocycles. The average Bonchev–Trinajstić information content (AvgIpc) is 2.88. The second-order valence-electron chi connectivity index (χ2n) is 6.22. The number of rotatable bonds is 3. The van der Waals surface area contributed by atoms with Gasteiger partial charge < -0.3 is 5.73 Å². The Kier molecular flexibility index (Phi) is 4.18. The van der Waals surface area contributed by atoms with Crippen LogP contribution in [0.5, 0.6) is 0 Å². The highest BCUT2D eigenvalue weighted by atomic mass is 15.3. The molecule has 4 heteroatoms. The first kappa shape index (κ1) is 13.1. The lowest BCUT2D eigenvalue weighted by molar-refractivity contribution is 0.198. The number of hydrogen-bond acceptors (Lipinski definition) is 3. The summed E-state index contributed by atoms with van der Waals surface area (Å²) in [5.41, 5.74) is 7.24. The molecule has 1 saturated carbocycles. The number of aromatic nitrogens is 2. The Morgan fingerprint density at radius 3 is 2.79 bits per heavy atom. The van der Waals surface area contributed by atoms with Crippen molar-refractivity contribution in [2.75, 3.05) is 13.1 Å². The van der Waals surface area contributed by atoms with Crippen molar-refractivity contribution in [3.8, 4) is 0 Å². The van der Waals surface area contributed by atoms with E-state index in [2.05, 4.69) is 21.8 Å². The van der Waals surface area contributed by atoms with Gasteiger partial charge in [0.05, 0.1) is 11.7 Å². The zero-order valence-electron chi connectivity index (χ0n) is 11.8. The molecule has 1 saturated heterocycles. The van der Waals surface area contributed by atoms with Crippen LogP contribution < -0.4 is 5.73 Å². The summed E-state index contributed by atoms with van der Waals surface area (Å²) in [5, 5.41) is 4.79. The maximum Gasteiger partial charge on any atom is 0.0764 e. The van der Waals surface area contributed by atoms with E-state index in [4.69, 9.17) is 10.8 Å². The standard InChI is InChI=1S/C15H26N4/c16-13-5-4-9-18(11-13)12-14-8-10-19(17-14)15-6-2-1-3-7-15/h8,10,13,15H,1-7,9,11-12,16H2/t13-/m1/s1. The molecular formula is C15H26N4. The van der Waals surface area contributed by atoms with Crippen LogP contribution in [0.2, 0.25) is 0 Å². The van der Waals surface area contributed by atoms with Crippen LogP contribution in [0.1, 0.15) is 56.7 Å². The molecule has 4 nitrogen and oxygen atoms in total. The summed E-state index contributed by atoms with van der Waals surface area (Å²) in [6.45, 7) is 3.16. The summed E-state index contributed by atoms with van der Waals surface area (Å²) < 4.78 is 2.21. The SMILES string of the molecule is N[C@@H]1CCCN(Cc2ccn(C3CCCCC3)n2)C1. The Morgan fingerprint density at radius 2 is 2.00 bits per heavy atom. The van der Waals surface area contributed by atoms with E-state index in [1.165, 1.54) is 57.2 Å². The second-order valence-corrected chi connectivity index (χ2v) is 6.22. The Hall–Kier alpha value is -0.870. The van der Waals surface area contributed by atoms with E-state index >= 15 is 0 Å². The lowest BCUT2D eigenvalue weighted by atomic mass is 9.96. The zero-order valence-corrected chi connectivity index (χ0v) is 11.8. The zero-order chi connectivity index (χ0) is 13.1. The van der Waals surface area contributed by atoms with Crippen molar-refractivity contribution in [2.24, 2.45) is 5.73 Å². The van der Waals surface area contributed by atoms with E-state index in [0.29, 0.717) is 12.1 Å². The third-order valence-electron chi connectivity index (χ3n) is 4.54. The van der Waals surface area contributed by atoms with E-state index in [1.807, 2.05) is 0 Å². The molecule has 0 unspecified atom stereocenters. The van der Waals surface area contributed by atoms with E-state index in [0.717, 1.165) is 13.1 Å². The van der Waals surface area contributed by atoms with Gasteiger partial charge in [0, 0.05) is 25.3 Å². The average molecular weight is 262 g/mol. The van der Waals surface area contributed by atoms with Crippen molar-refractivity contribution in [1.29, 1.82) is 0 Å². The smallest absolute Gasteiger partial charge is 0.0764 e. The summed E-state index contributed by atoms with van der Waals surface area (Å²) in [6.07, 6.45) is 11.3. The molecule has 19 heavy (non-hydrogen) atoms. The van der Waals surface area contributed by atoms with Gasteiger partial charge in [-0.1, -0.05) is 19.3 Å². The van der Waals surface area contributed by atoms with E-state index < -0.39 is 0 Å². The van der Waals surface area contributed by atoms with Gasteiger partial charge in [0.25, 0.3) is 0 Å². The summed E-state index contributed by atoms with van der Waals surface area (Å²) in [7, 11) is 0. The Bertz CT molecular complexity index is 395. The molecule has 2 N–H and O–H groups in total. The molecule has 0 aromatic carbocycles. The molecule has 2 heterocycles. The van der Waals surface area contributed by atoms with Gasteiger partial charge in [-0.25, -0.2) is 0 Å². The molecule has 0 radical (unpaired) electrons. The summed E-state index contributed by atoms with van der Waals surface area (Å²) >= 11 is 0. The highest BCUT2D eigenvalue weighted by Crippen LogP contribution is 2.27. The van der Waals surface area contributed by atoms with Crippen molar-refractivity contribution in [1.82, 2.24) is 14.7 Å². The second kappa shape index (κ2) is 6.06. The molecule has 1 aromatic heterocycles. The predicted molar refractivity (Wildman–Crippen MR) is 76.8 cm³/mol. The number of likely N-dealkylation sites (tertiary alicyclic amines) is 1. The number of hydrogen-bond donors (Lipinski definition) is 1. The highest BCUT2D eigenvalue weighted by Gasteiger charge is 2.19. The number of nitrogens with two attached hydrogens (primary N) is 1. The largest absolute Gasteiger partial charge is 0.327 e. The minimum atomic E-state index is 0.356. The van der Waals surface area contributed by atoms with Gasteiger partial charge in [-0.2, -0.15) is 5.10 Å². The first-order chi connectivity index (χ1) is 9.31. The van der Waals surface area contributed by atoms with Crippen LogP contribution in [0, 0.1) is 0 Å². The Balaban J connectivity index is 1.58.